The normalized spacial score (nSPS) is 11.3. The average molecular weight is 343 g/mol. The second kappa shape index (κ2) is 8.19. The van der Waals surface area contributed by atoms with Gasteiger partial charge in [-0.25, -0.2) is 0 Å². The molecule has 0 atom stereocenters. The first-order valence-electron chi connectivity index (χ1n) is 6.70. The fourth-order valence-corrected chi connectivity index (χ4v) is 2.12. The van der Waals surface area contributed by atoms with E-state index in [0.29, 0.717) is 10.7 Å². The van der Waals surface area contributed by atoms with E-state index in [-0.39, 0.29) is 10.6 Å². The summed E-state index contributed by atoms with van der Waals surface area (Å²) in [7, 11) is 0. The van der Waals surface area contributed by atoms with Crippen LogP contribution in [-0.4, -0.2) is 5.91 Å². The maximum absolute atomic E-state index is 12.1. The zero-order chi connectivity index (χ0) is 16.7. The number of amides is 1. The summed E-state index contributed by atoms with van der Waals surface area (Å²) in [6.45, 7) is 0. The first-order valence-corrected chi connectivity index (χ1v) is 7.46. The summed E-state index contributed by atoms with van der Waals surface area (Å²) in [4.78, 5) is 12.1. The van der Waals surface area contributed by atoms with E-state index >= 15 is 0 Å². The lowest BCUT2D eigenvalue weighted by molar-refractivity contribution is -0.112. The predicted octanol–water partition coefficient (Wildman–Crippen LogP) is 5.10. The molecule has 0 aliphatic heterocycles. The summed E-state index contributed by atoms with van der Waals surface area (Å²) >= 11 is 11.9. The molecule has 0 spiro atoms. The van der Waals surface area contributed by atoms with Crippen molar-refractivity contribution in [1.82, 2.24) is 0 Å². The van der Waals surface area contributed by atoms with E-state index in [1.165, 1.54) is 6.08 Å². The lowest BCUT2D eigenvalue weighted by atomic mass is 10.2. The summed E-state index contributed by atoms with van der Waals surface area (Å²) in [6, 6.07) is 16.3. The van der Waals surface area contributed by atoms with Gasteiger partial charge in [0.25, 0.3) is 5.91 Å². The van der Waals surface area contributed by atoms with Gasteiger partial charge in [-0.2, -0.15) is 5.26 Å². The van der Waals surface area contributed by atoms with Crippen molar-refractivity contribution in [3.8, 4) is 6.07 Å². The second-order valence-electron chi connectivity index (χ2n) is 4.52. The smallest absolute Gasteiger partial charge is 0.266 e. The molecule has 1 N–H and O–H groups in total. The lowest BCUT2D eigenvalue weighted by Crippen LogP contribution is -2.13. The molecule has 0 aliphatic carbocycles. The highest BCUT2D eigenvalue weighted by atomic mass is 35.5. The van der Waals surface area contributed by atoms with Crippen molar-refractivity contribution in [3.05, 3.63) is 81.9 Å². The molecular weight excluding hydrogens is 331 g/mol. The van der Waals surface area contributed by atoms with E-state index < -0.39 is 5.91 Å². The first-order chi connectivity index (χ1) is 11.1. The van der Waals surface area contributed by atoms with E-state index in [0.717, 1.165) is 5.56 Å². The van der Waals surface area contributed by atoms with Crippen molar-refractivity contribution in [1.29, 1.82) is 5.26 Å². The van der Waals surface area contributed by atoms with Gasteiger partial charge in [0, 0.05) is 0 Å². The quantitative estimate of drug-likeness (QED) is 0.477. The van der Waals surface area contributed by atoms with Gasteiger partial charge >= 0.3 is 0 Å². The highest BCUT2D eigenvalue weighted by Crippen LogP contribution is 2.29. The van der Waals surface area contributed by atoms with Gasteiger partial charge < -0.3 is 5.32 Å². The Balaban J connectivity index is 2.13. The monoisotopic (exact) mass is 342 g/mol. The number of hydrogen-bond donors (Lipinski definition) is 1. The van der Waals surface area contributed by atoms with Crippen LogP contribution < -0.4 is 5.32 Å². The molecule has 0 heterocycles. The summed E-state index contributed by atoms with van der Waals surface area (Å²) < 4.78 is 0. The lowest BCUT2D eigenvalue weighted by Gasteiger charge is -2.07. The number of anilines is 1. The molecule has 3 nitrogen and oxygen atoms in total. The zero-order valence-corrected chi connectivity index (χ0v) is 13.5. The van der Waals surface area contributed by atoms with E-state index in [1.54, 1.807) is 30.4 Å². The van der Waals surface area contributed by atoms with Crippen molar-refractivity contribution in [2.24, 2.45) is 0 Å². The molecule has 2 rings (SSSR count). The number of carbonyl (C=O) groups is 1. The van der Waals surface area contributed by atoms with Crippen molar-refractivity contribution in [2.75, 3.05) is 5.32 Å². The van der Waals surface area contributed by atoms with Crippen LogP contribution >= 0.6 is 23.2 Å². The zero-order valence-electron chi connectivity index (χ0n) is 12.0. The highest BCUT2D eigenvalue weighted by molar-refractivity contribution is 6.44. The molecule has 0 aromatic heterocycles. The molecule has 5 heteroatoms. The third-order valence-electron chi connectivity index (χ3n) is 2.92. The summed E-state index contributed by atoms with van der Waals surface area (Å²) in [5, 5.41) is 12.3. The molecule has 0 saturated heterocycles. The van der Waals surface area contributed by atoms with Crippen LogP contribution in [0.2, 0.25) is 10.0 Å². The molecule has 0 bridgehead atoms. The maximum Gasteiger partial charge on any atom is 0.266 e. The Labute approximate surface area is 144 Å². The van der Waals surface area contributed by atoms with Crippen LogP contribution in [0.5, 0.6) is 0 Å². The standard InChI is InChI=1S/C18H12Cl2N2O/c19-15-10-5-11-16(17(15)20)22-18(23)14(12-21)9-4-8-13-6-2-1-3-7-13/h1-11H,(H,22,23). The SMILES string of the molecule is N#CC(=CC=Cc1ccccc1)C(=O)Nc1cccc(Cl)c1Cl. The topological polar surface area (TPSA) is 52.9 Å². The number of benzene rings is 2. The number of nitrogens with one attached hydrogen (secondary N) is 1. The molecule has 114 valence electrons. The summed E-state index contributed by atoms with van der Waals surface area (Å²) in [5.74, 6) is -0.547. The first kappa shape index (κ1) is 16.8. The molecule has 2 aromatic rings. The Hall–Kier alpha value is -2.54. The van der Waals surface area contributed by atoms with Gasteiger partial charge in [0.15, 0.2) is 0 Å². The molecule has 1 amide bonds. The minimum absolute atomic E-state index is 0.0341. The third kappa shape index (κ3) is 4.72. The Morgan fingerprint density at radius 2 is 1.83 bits per heavy atom. The van der Waals surface area contributed by atoms with Crippen molar-refractivity contribution < 1.29 is 4.79 Å². The highest BCUT2D eigenvalue weighted by Gasteiger charge is 2.11. The second-order valence-corrected chi connectivity index (χ2v) is 5.30. The van der Waals surface area contributed by atoms with Gasteiger partial charge in [0.05, 0.1) is 15.7 Å². The third-order valence-corrected chi connectivity index (χ3v) is 3.73. The fraction of sp³-hybridized carbons (Fsp3) is 0. The van der Waals surface area contributed by atoms with Gasteiger partial charge in [-0.3, -0.25) is 4.79 Å². The number of allylic oxidation sites excluding steroid dienone is 2. The van der Waals surface area contributed by atoms with Crippen molar-refractivity contribution >= 4 is 40.9 Å². The predicted molar refractivity (Wildman–Crippen MR) is 94.3 cm³/mol. The average Bonchev–Trinajstić information content (AvgIpc) is 2.56. The van der Waals surface area contributed by atoms with Crippen molar-refractivity contribution in [2.45, 2.75) is 0 Å². The van der Waals surface area contributed by atoms with E-state index in [9.17, 15) is 4.79 Å². The van der Waals surface area contributed by atoms with Crippen LogP contribution in [-0.2, 0) is 4.79 Å². The fourth-order valence-electron chi connectivity index (χ4n) is 1.77. The largest absolute Gasteiger partial charge is 0.320 e. The Bertz CT molecular complexity index is 806. The van der Waals surface area contributed by atoms with Crippen LogP contribution in [0.1, 0.15) is 5.56 Å². The van der Waals surface area contributed by atoms with Crippen LogP contribution in [0.3, 0.4) is 0 Å². The number of rotatable bonds is 4. The van der Waals surface area contributed by atoms with Crippen LogP contribution in [0.4, 0.5) is 5.69 Å². The van der Waals surface area contributed by atoms with E-state index in [2.05, 4.69) is 5.32 Å². The minimum atomic E-state index is -0.547. The Morgan fingerprint density at radius 1 is 1.09 bits per heavy atom. The molecular formula is C18H12Cl2N2O. The summed E-state index contributed by atoms with van der Waals surface area (Å²) in [5.41, 5.74) is 1.30. The van der Waals surface area contributed by atoms with Crippen LogP contribution in [0.25, 0.3) is 6.08 Å². The Morgan fingerprint density at radius 3 is 2.52 bits per heavy atom. The number of nitriles is 1. The van der Waals surface area contributed by atoms with Crippen molar-refractivity contribution in [3.63, 3.8) is 0 Å². The summed E-state index contributed by atoms with van der Waals surface area (Å²) in [6.07, 6.45) is 4.89. The van der Waals surface area contributed by atoms with E-state index in [1.807, 2.05) is 36.4 Å². The minimum Gasteiger partial charge on any atom is -0.320 e. The van der Waals surface area contributed by atoms with Gasteiger partial charge in [0.1, 0.15) is 11.6 Å². The molecule has 2 aromatic carbocycles. The van der Waals surface area contributed by atoms with Gasteiger partial charge in [0.2, 0.25) is 0 Å². The molecule has 0 aliphatic rings. The maximum atomic E-state index is 12.1. The van der Waals surface area contributed by atoms with Crippen LogP contribution in [0, 0.1) is 11.3 Å². The number of carbonyl (C=O) groups excluding carboxylic acids is 1. The molecule has 23 heavy (non-hydrogen) atoms. The van der Waals surface area contributed by atoms with Gasteiger partial charge in [-0.1, -0.05) is 71.8 Å². The Kier molecular flexibility index (Phi) is 5.99. The van der Waals surface area contributed by atoms with Gasteiger partial charge in [-0.15, -0.1) is 0 Å². The number of nitrogens with zero attached hydrogens (tertiary/aromatic N) is 1. The van der Waals surface area contributed by atoms with Crippen LogP contribution in [0.15, 0.2) is 66.3 Å². The number of hydrogen-bond acceptors (Lipinski definition) is 2. The molecule has 0 unspecified atom stereocenters. The van der Waals surface area contributed by atoms with E-state index in [4.69, 9.17) is 28.5 Å². The molecule has 0 saturated carbocycles. The number of halogens is 2. The van der Waals surface area contributed by atoms with Gasteiger partial charge in [-0.05, 0) is 23.8 Å². The molecule has 0 radical (unpaired) electrons. The molecule has 0 fully saturated rings.